The molecule has 0 radical (unpaired) electrons. The van der Waals surface area contributed by atoms with Gasteiger partial charge in [0.1, 0.15) is 0 Å². The first kappa shape index (κ1) is 14.5. The van der Waals surface area contributed by atoms with Gasteiger partial charge in [0.25, 0.3) is 5.91 Å². The summed E-state index contributed by atoms with van der Waals surface area (Å²) < 4.78 is 4.82. The molecule has 1 amide bonds. The van der Waals surface area contributed by atoms with Crippen LogP contribution < -0.4 is 0 Å². The molecule has 0 unspecified atom stereocenters. The molecule has 1 aliphatic heterocycles. The minimum Gasteiger partial charge on any atom is -0.465 e. The van der Waals surface area contributed by atoms with Gasteiger partial charge in [-0.05, 0) is 38.3 Å². The van der Waals surface area contributed by atoms with E-state index in [0.29, 0.717) is 16.8 Å². The lowest BCUT2D eigenvalue weighted by Gasteiger charge is -2.22. The minimum atomic E-state index is -0.471. The summed E-state index contributed by atoms with van der Waals surface area (Å²) in [4.78, 5) is 27.1. The van der Waals surface area contributed by atoms with Crippen molar-refractivity contribution < 1.29 is 14.3 Å². The van der Waals surface area contributed by atoms with E-state index in [0.717, 1.165) is 4.88 Å². The number of amides is 1. The van der Waals surface area contributed by atoms with E-state index in [9.17, 15) is 9.59 Å². The smallest absolute Gasteiger partial charge is 0.340 e. The molecule has 1 aromatic heterocycles. The molecular formula is C15H17NO3S. The van der Waals surface area contributed by atoms with Crippen LogP contribution in [0.4, 0.5) is 0 Å². The Morgan fingerprint density at radius 3 is 2.65 bits per heavy atom. The quantitative estimate of drug-likeness (QED) is 0.635. The Labute approximate surface area is 122 Å². The highest BCUT2D eigenvalue weighted by molar-refractivity contribution is 7.10. The number of hydrogen-bond donors (Lipinski definition) is 0. The molecule has 0 spiro atoms. The third-order valence-electron chi connectivity index (χ3n) is 3.18. The third-order valence-corrected chi connectivity index (χ3v) is 4.00. The zero-order valence-corrected chi connectivity index (χ0v) is 12.8. The van der Waals surface area contributed by atoms with Crippen LogP contribution in [0.15, 0.2) is 34.4 Å². The average molecular weight is 291 g/mol. The molecular weight excluding hydrogens is 274 g/mol. The summed E-state index contributed by atoms with van der Waals surface area (Å²) in [6.45, 7) is 5.62. The highest BCUT2D eigenvalue weighted by Crippen LogP contribution is 2.33. The zero-order chi connectivity index (χ0) is 14.9. The first-order chi connectivity index (χ1) is 9.47. The van der Waals surface area contributed by atoms with E-state index in [1.54, 1.807) is 17.9 Å². The van der Waals surface area contributed by atoms with Crippen LogP contribution in [-0.2, 0) is 14.3 Å². The van der Waals surface area contributed by atoms with Crippen molar-refractivity contribution in [1.29, 1.82) is 0 Å². The van der Waals surface area contributed by atoms with Gasteiger partial charge in [0.05, 0.1) is 18.3 Å². The second-order valence-electron chi connectivity index (χ2n) is 4.79. The van der Waals surface area contributed by atoms with Crippen molar-refractivity contribution in [3.05, 3.63) is 39.2 Å². The van der Waals surface area contributed by atoms with E-state index in [1.165, 1.54) is 18.4 Å². The number of nitrogens with zero attached hydrogens (tertiary/aromatic N) is 1. The lowest BCUT2D eigenvalue weighted by molar-refractivity contribution is -0.136. The molecule has 106 valence electrons. The molecule has 1 aliphatic rings. The molecule has 0 saturated carbocycles. The largest absolute Gasteiger partial charge is 0.465 e. The van der Waals surface area contributed by atoms with Crippen LogP contribution in [0, 0.1) is 0 Å². The van der Waals surface area contributed by atoms with Gasteiger partial charge in [0.15, 0.2) is 0 Å². The Bertz CT molecular complexity index is 597. The monoisotopic (exact) mass is 291 g/mol. The van der Waals surface area contributed by atoms with E-state index < -0.39 is 5.97 Å². The maximum Gasteiger partial charge on any atom is 0.340 e. The number of thiophene rings is 1. The van der Waals surface area contributed by atoms with Crippen molar-refractivity contribution in [2.45, 2.75) is 26.8 Å². The van der Waals surface area contributed by atoms with Crippen LogP contribution >= 0.6 is 11.3 Å². The average Bonchev–Trinajstić information content (AvgIpc) is 2.97. The Morgan fingerprint density at radius 2 is 2.15 bits per heavy atom. The number of ether oxygens (including phenoxy) is 1. The van der Waals surface area contributed by atoms with Crippen molar-refractivity contribution in [3.8, 4) is 0 Å². The van der Waals surface area contributed by atoms with E-state index in [2.05, 4.69) is 0 Å². The van der Waals surface area contributed by atoms with Crippen LogP contribution in [0.3, 0.4) is 0 Å². The Morgan fingerprint density at radius 1 is 1.45 bits per heavy atom. The number of rotatable bonds is 3. The fraction of sp³-hybridized carbons (Fsp3) is 0.333. The van der Waals surface area contributed by atoms with Gasteiger partial charge < -0.3 is 9.64 Å². The molecule has 5 heteroatoms. The number of carbonyl (C=O) groups is 2. The molecule has 20 heavy (non-hydrogen) atoms. The van der Waals surface area contributed by atoms with Crippen LogP contribution in [0.25, 0.3) is 6.08 Å². The first-order valence-corrected chi connectivity index (χ1v) is 7.23. The lowest BCUT2D eigenvalue weighted by Crippen LogP contribution is -2.31. The molecule has 0 atom stereocenters. The molecule has 2 rings (SSSR count). The number of carbonyl (C=O) groups excluding carboxylic acids is 2. The maximum atomic E-state index is 12.5. The van der Waals surface area contributed by atoms with E-state index >= 15 is 0 Å². The Hall–Kier alpha value is -1.88. The van der Waals surface area contributed by atoms with Crippen LogP contribution in [-0.4, -0.2) is 29.9 Å². The molecule has 4 nitrogen and oxygen atoms in total. The van der Waals surface area contributed by atoms with Gasteiger partial charge in [-0.2, -0.15) is 0 Å². The molecule has 0 N–H and O–H groups in total. The minimum absolute atomic E-state index is 0.00334. The van der Waals surface area contributed by atoms with Crippen molar-refractivity contribution in [2.75, 3.05) is 7.11 Å². The van der Waals surface area contributed by atoms with E-state index in [4.69, 9.17) is 4.74 Å². The Balaban J connectivity index is 2.55. The van der Waals surface area contributed by atoms with Gasteiger partial charge in [0, 0.05) is 16.6 Å². The lowest BCUT2D eigenvalue weighted by atomic mass is 10.1. The van der Waals surface area contributed by atoms with Gasteiger partial charge >= 0.3 is 5.97 Å². The molecule has 0 aliphatic carbocycles. The van der Waals surface area contributed by atoms with Crippen molar-refractivity contribution in [1.82, 2.24) is 4.90 Å². The predicted octanol–water partition coefficient (Wildman–Crippen LogP) is 2.83. The van der Waals surface area contributed by atoms with Gasteiger partial charge in [-0.15, -0.1) is 11.3 Å². The zero-order valence-electron chi connectivity index (χ0n) is 12.0. The van der Waals surface area contributed by atoms with Crippen LogP contribution in [0.1, 0.15) is 25.6 Å². The fourth-order valence-corrected chi connectivity index (χ4v) is 2.99. The normalized spacial score (nSPS) is 17.6. The Kier molecular flexibility index (Phi) is 4.09. The van der Waals surface area contributed by atoms with E-state index in [1.807, 2.05) is 31.4 Å². The summed E-state index contributed by atoms with van der Waals surface area (Å²) >= 11 is 1.52. The van der Waals surface area contributed by atoms with Crippen molar-refractivity contribution in [2.24, 2.45) is 0 Å². The number of esters is 1. The van der Waals surface area contributed by atoms with Gasteiger partial charge in [-0.25, -0.2) is 4.79 Å². The van der Waals surface area contributed by atoms with Crippen LogP contribution in [0.2, 0.25) is 0 Å². The summed E-state index contributed by atoms with van der Waals surface area (Å²) in [5.74, 6) is -0.617. The van der Waals surface area contributed by atoms with Crippen molar-refractivity contribution >= 4 is 29.3 Å². The molecule has 0 saturated heterocycles. The molecule has 0 bridgehead atoms. The third kappa shape index (κ3) is 2.41. The van der Waals surface area contributed by atoms with Gasteiger partial charge in [-0.3, -0.25) is 4.79 Å². The topological polar surface area (TPSA) is 46.6 Å². The second kappa shape index (κ2) is 5.63. The molecule has 1 aromatic rings. The molecule has 2 heterocycles. The first-order valence-electron chi connectivity index (χ1n) is 6.35. The van der Waals surface area contributed by atoms with Gasteiger partial charge in [0.2, 0.25) is 0 Å². The SMILES string of the molecule is COC(=O)C1=C(C)N(C(C)C)C(=O)/C1=C\c1cccs1. The van der Waals surface area contributed by atoms with E-state index in [-0.39, 0.29) is 11.9 Å². The highest BCUT2D eigenvalue weighted by atomic mass is 32.1. The summed E-state index contributed by atoms with van der Waals surface area (Å²) in [5, 5.41) is 1.93. The number of methoxy groups -OCH3 is 1. The van der Waals surface area contributed by atoms with Crippen LogP contribution in [0.5, 0.6) is 0 Å². The highest BCUT2D eigenvalue weighted by Gasteiger charge is 2.38. The summed E-state index contributed by atoms with van der Waals surface area (Å²) in [6, 6.07) is 3.81. The number of allylic oxidation sites excluding steroid dienone is 1. The molecule has 0 fully saturated rings. The standard InChI is InChI=1S/C15H17NO3S/c1-9(2)16-10(3)13(15(18)19-4)12(14(16)17)8-11-6-5-7-20-11/h5-9H,1-4H3/b12-8-. The summed E-state index contributed by atoms with van der Waals surface area (Å²) in [5.41, 5.74) is 1.42. The van der Waals surface area contributed by atoms with Gasteiger partial charge in [-0.1, -0.05) is 6.07 Å². The molecule has 0 aromatic carbocycles. The predicted molar refractivity (Wildman–Crippen MR) is 79.0 cm³/mol. The maximum absolute atomic E-state index is 12.5. The summed E-state index contributed by atoms with van der Waals surface area (Å²) in [7, 11) is 1.33. The van der Waals surface area contributed by atoms with Crippen molar-refractivity contribution in [3.63, 3.8) is 0 Å². The fourth-order valence-electron chi connectivity index (χ4n) is 2.34. The second-order valence-corrected chi connectivity index (χ2v) is 5.77. The summed E-state index contributed by atoms with van der Waals surface area (Å²) in [6.07, 6.45) is 1.76. The number of hydrogen-bond acceptors (Lipinski definition) is 4.